The summed E-state index contributed by atoms with van der Waals surface area (Å²) in [4.78, 5) is 21.2. The van der Waals surface area contributed by atoms with Crippen LogP contribution in [0.25, 0.3) is 11.1 Å². The normalized spacial score (nSPS) is 11.0. The fourth-order valence-electron chi connectivity index (χ4n) is 3.24. The average molecular weight is 422 g/mol. The Morgan fingerprint density at radius 1 is 1.10 bits per heavy atom. The Hall–Kier alpha value is -3.88. The molecule has 0 aliphatic heterocycles. The number of aromatic nitrogens is 3. The Morgan fingerprint density at radius 3 is 2.61 bits per heavy atom. The fraction of sp³-hybridized carbons (Fsp3) is 0.273. The number of methoxy groups -OCH3 is 1. The Bertz CT molecular complexity index is 1260. The van der Waals surface area contributed by atoms with Crippen molar-refractivity contribution in [2.45, 2.75) is 34.3 Å². The van der Waals surface area contributed by atoms with Gasteiger partial charge in [-0.15, -0.1) is 0 Å². The second-order valence-corrected chi connectivity index (χ2v) is 7.10. The molecule has 0 spiro atoms. The van der Waals surface area contributed by atoms with E-state index in [4.69, 9.17) is 18.4 Å². The SMILES string of the molecule is COc1cc(C(=O)Nc2ncnc3oc(C)c(C)c23)ccc1OCc1c(C)noc1C. The first kappa shape index (κ1) is 20.4. The zero-order chi connectivity index (χ0) is 22.1. The summed E-state index contributed by atoms with van der Waals surface area (Å²) in [5.74, 6) is 2.42. The molecule has 3 heterocycles. The van der Waals surface area contributed by atoms with Gasteiger partial charge in [0.05, 0.1) is 23.8 Å². The summed E-state index contributed by atoms with van der Waals surface area (Å²) in [5.41, 5.74) is 3.36. The molecule has 1 N–H and O–H groups in total. The van der Waals surface area contributed by atoms with E-state index in [1.807, 2.05) is 27.7 Å². The van der Waals surface area contributed by atoms with Crippen LogP contribution in [0.15, 0.2) is 33.5 Å². The van der Waals surface area contributed by atoms with Gasteiger partial charge in [0.25, 0.3) is 5.91 Å². The van der Waals surface area contributed by atoms with Gasteiger partial charge in [-0.25, -0.2) is 9.97 Å². The molecule has 1 amide bonds. The van der Waals surface area contributed by atoms with Crippen LogP contribution in [-0.2, 0) is 6.61 Å². The summed E-state index contributed by atoms with van der Waals surface area (Å²) >= 11 is 0. The molecule has 0 saturated heterocycles. The lowest BCUT2D eigenvalue weighted by Gasteiger charge is -2.12. The van der Waals surface area contributed by atoms with E-state index in [0.717, 1.165) is 22.6 Å². The standard InChI is InChI=1S/C22H22N4O5/c1-11-13(3)30-22-19(11)20(23-10-24-22)25-21(27)15-6-7-17(18(8-15)28-5)29-9-16-12(2)26-31-14(16)4/h6-8,10H,9H2,1-5H3,(H,23,24,25,27). The number of carbonyl (C=O) groups is 1. The quantitative estimate of drug-likeness (QED) is 0.490. The van der Waals surface area contributed by atoms with E-state index in [0.29, 0.717) is 39.7 Å². The van der Waals surface area contributed by atoms with Gasteiger partial charge in [-0.3, -0.25) is 4.79 Å². The number of fused-ring (bicyclic) bond motifs is 1. The van der Waals surface area contributed by atoms with Crippen LogP contribution in [0.1, 0.15) is 38.7 Å². The van der Waals surface area contributed by atoms with Gasteiger partial charge >= 0.3 is 0 Å². The molecule has 31 heavy (non-hydrogen) atoms. The highest BCUT2D eigenvalue weighted by molar-refractivity contribution is 6.08. The zero-order valence-electron chi connectivity index (χ0n) is 17.9. The molecule has 0 bridgehead atoms. The first-order chi connectivity index (χ1) is 14.9. The summed E-state index contributed by atoms with van der Waals surface area (Å²) < 4.78 is 22.1. The maximum atomic E-state index is 12.9. The lowest BCUT2D eigenvalue weighted by molar-refractivity contribution is 0.102. The van der Waals surface area contributed by atoms with Crippen LogP contribution < -0.4 is 14.8 Å². The van der Waals surface area contributed by atoms with Gasteiger partial charge in [0.2, 0.25) is 5.71 Å². The highest BCUT2D eigenvalue weighted by atomic mass is 16.5. The molecule has 9 heteroatoms. The highest BCUT2D eigenvalue weighted by Gasteiger charge is 2.18. The number of benzene rings is 1. The second-order valence-electron chi connectivity index (χ2n) is 7.10. The second kappa shape index (κ2) is 8.10. The smallest absolute Gasteiger partial charge is 0.256 e. The van der Waals surface area contributed by atoms with Crippen molar-refractivity contribution >= 4 is 22.8 Å². The van der Waals surface area contributed by atoms with Gasteiger partial charge in [0.1, 0.15) is 30.3 Å². The predicted molar refractivity (Wildman–Crippen MR) is 113 cm³/mol. The van der Waals surface area contributed by atoms with Crippen LogP contribution in [0.5, 0.6) is 11.5 Å². The Labute approximate surface area is 178 Å². The van der Waals surface area contributed by atoms with Crippen LogP contribution in [0.4, 0.5) is 5.82 Å². The fourth-order valence-corrected chi connectivity index (χ4v) is 3.24. The number of nitrogens with zero attached hydrogens (tertiary/aromatic N) is 3. The van der Waals surface area contributed by atoms with Gasteiger partial charge in [0, 0.05) is 11.1 Å². The van der Waals surface area contributed by atoms with E-state index in [1.165, 1.54) is 13.4 Å². The molecule has 0 aliphatic carbocycles. The van der Waals surface area contributed by atoms with E-state index < -0.39 is 0 Å². The average Bonchev–Trinajstić information content (AvgIpc) is 3.24. The number of amides is 1. The van der Waals surface area contributed by atoms with Crippen molar-refractivity contribution in [2.75, 3.05) is 12.4 Å². The lowest BCUT2D eigenvalue weighted by atomic mass is 10.1. The van der Waals surface area contributed by atoms with Crippen LogP contribution in [0.3, 0.4) is 0 Å². The van der Waals surface area contributed by atoms with Crippen LogP contribution in [-0.4, -0.2) is 28.1 Å². The third kappa shape index (κ3) is 3.81. The number of anilines is 1. The van der Waals surface area contributed by atoms with Gasteiger partial charge < -0.3 is 23.7 Å². The van der Waals surface area contributed by atoms with Gasteiger partial charge in [-0.05, 0) is 45.9 Å². The largest absolute Gasteiger partial charge is 0.493 e. The van der Waals surface area contributed by atoms with Gasteiger partial charge in [0.15, 0.2) is 11.5 Å². The first-order valence-electron chi connectivity index (χ1n) is 9.63. The maximum absolute atomic E-state index is 12.9. The molecule has 3 aromatic heterocycles. The molecule has 0 aliphatic rings. The van der Waals surface area contributed by atoms with Crippen LogP contribution >= 0.6 is 0 Å². The topological polar surface area (TPSA) is 113 Å². The van der Waals surface area contributed by atoms with Crippen molar-refractivity contribution in [3.05, 3.63) is 58.4 Å². The van der Waals surface area contributed by atoms with Crippen LogP contribution in [0.2, 0.25) is 0 Å². The summed E-state index contributed by atoms with van der Waals surface area (Å²) in [6.45, 7) is 7.70. The number of furan rings is 1. The van der Waals surface area contributed by atoms with E-state index in [9.17, 15) is 4.79 Å². The van der Waals surface area contributed by atoms with E-state index >= 15 is 0 Å². The number of carbonyl (C=O) groups excluding carboxylic acids is 1. The zero-order valence-corrected chi connectivity index (χ0v) is 17.9. The molecule has 0 unspecified atom stereocenters. The minimum Gasteiger partial charge on any atom is -0.493 e. The minimum atomic E-state index is -0.339. The van der Waals surface area contributed by atoms with Crippen molar-refractivity contribution in [2.24, 2.45) is 0 Å². The van der Waals surface area contributed by atoms with Crippen molar-refractivity contribution in [1.82, 2.24) is 15.1 Å². The van der Waals surface area contributed by atoms with E-state index in [1.54, 1.807) is 18.2 Å². The van der Waals surface area contributed by atoms with Gasteiger partial charge in [-0.2, -0.15) is 0 Å². The van der Waals surface area contributed by atoms with Crippen molar-refractivity contribution < 1.29 is 23.2 Å². The molecule has 0 radical (unpaired) electrons. The number of aryl methyl sites for hydroxylation is 4. The monoisotopic (exact) mass is 422 g/mol. The molecule has 9 nitrogen and oxygen atoms in total. The third-order valence-corrected chi connectivity index (χ3v) is 5.18. The summed E-state index contributed by atoms with van der Waals surface area (Å²) in [7, 11) is 1.52. The number of ether oxygens (including phenoxy) is 2. The highest BCUT2D eigenvalue weighted by Crippen LogP contribution is 2.31. The Kier molecular flexibility index (Phi) is 5.33. The van der Waals surface area contributed by atoms with Crippen molar-refractivity contribution in [3.8, 4) is 11.5 Å². The number of hydrogen-bond donors (Lipinski definition) is 1. The van der Waals surface area contributed by atoms with E-state index in [2.05, 4.69) is 20.4 Å². The number of rotatable bonds is 6. The molecule has 0 fully saturated rings. The Balaban J connectivity index is 1.56. The number of hydrogen-bond acceptors (Lipinski definition) is 8. The van der Waals surface area contributed by atoms with Crippen LogP contribution in [0, 0.1) is 27.7 Å². The lowest BCUT2D eigenvalue weighted by Crippen LogP contribution is -2.14. The Morgan fingerprint density at radius 2 is 1.90 bits per heavy atom. The van der Waals surface area contributed by atoms with Crippen molar-refractivity contribution in [3.63, 3.8) is 0 Å². The molecule has 4 aromatic rings. The summed E-state index contributed by atoms with van der Waals surface area (Å²) in [6, 6.07) is 4.96. The molecule has 0 saturated carbocycles. The molecular formula is C22H22N4O5. The molecule has 1 aromatic carbocycles. The van der Waals surface area contributed by atoms with Gasteiger partial charge in [-0.1, -0.05) is 5.16 Å². The molecule has 160 valence electrons. The van der Waals surface area contributed by atoms with E-state index in [-0.39, 0.29) is 12.5 Å². The molecule has 0 atom stereocenters. The summed E-state index contributed by atoms with van der Waals surface area (Å²) in [6.07, 6.45) is 1.35. The van der Waals surface area contributed by atoms with Crippen molar-refractivity contribution in [1.29, 1.82) is 0 Å². The third-order valence-electron chi connectivity index (χ3n) is 5.18. The molecule has 4 rings (SSSR count). The maximum Gasteiger partial charge on any atom is 0.256 e. The predicted octanol–water partition coefficient (Wildman–Crippen LogP) is 4.28. The summed E-state index contributed by atoms with van der Waals surface area (Å²) in [5, 5.41) is 7.43. The molecular weight excluding hydrogens is 400 g/mol. The first-order valence-corrected chi connectivity index (χ1v) is 9.63. The number of nitrogens with one attached hydrogen (secondary N) is 1. The minimum absolute atomic E-state index is 0.279.